The van der Waals surface area contributed by atoms with Gasteiger partial charge in [0, 0.05) is 32.7 Å². The van der Waals surface area contributed by atoms with Gasteiger partial charge in [0.05, 0.1) is 19.4 Å². The molecule has 1 unspecified atom stereocenters. The van der Waals surface area contributed by atoms with Crippen LogP contribution in [0.1, 0.15) is 41.0 Å². The average Bonchev–Trinajstić information content (AvgIpc) is 2.90. The molecule has 1 aromatic carbocycles. The summed E-state index contributed by atoms with van der Waals surface area (Å²) in [6.45, 7) is 1.49. The largest absolute Gasteiger partial charge is 0.497 e. The van der Waals surface area contributed by atoms with Crippen molar-refractivity contribution in [1.29, 1.82) is 0 Å². The normalized spacial score (nSPS) is 17.0. The highest BCUT2D eigenvalue weighted by Gasteiger charge is 2.24. The smallest absolute Gasteiger partial charge is 0.270 e. The van der Waals surface area contributed by atoms with E-state index < -0.39 is 0 Å². The van der Waals surface area contributed by atoms with Crippen molar-refractivity contribution < 1.29 is 19.1 Å². The highest BCUT2D eigenvalue weighted by molar-refractivity contribution is 5.92. The zero-order valence-electron chi connectivity index (χ0n) is 16.9. The summed E-state index contributed by atoms with van der Waals surface area (Å²) in [5, 5.41) is 3.03. The van der Waals surface area contributed by atoms with Crippen LogP contribution in [0.5, 0.6) is 5.75 Å². The minimum absolute atomic E-state index is 0.0605. The van der Waals surface area contributed by atoms with Gasteiger partial charge in [0.2, 0.25) is 5.91 Å². The van der Waals surface area contributed by atoms with Crippen LogP contribution >= 0.6 is 0 Å². The van der Waals surface area contributed by atoms with Crippen molar-refractivity contribution in [2.24, 2.45) is 0 Å². The van der Waals surface area contributed by atoms with Gasteiger partial charge < -0.3 is 19.7 Å². The van der Waals surface area contributed by atoms with Crippen LogP contribution in [-0.4, -0.2) is 48.5 Å². The molecule has 0 bridgehead atoms. The Morgan fingerprint density at radius 3 is 2.83 bits per heavy atom. The van der Waals surface area contributed by atoms with Gasteiger partial charge in [0.1, 0.15) is 11.4 Å². The SMILES string of the molecule is COCc1cccc(C(=O)NC2CCC(=O)N(Cc3cccc(OC)c3)CC2)n1. The standard InChI is InChI=1S/C22H27N3O4/c1-28-15-18-6-4-8-20(23-18)22(27)24-17-9-10-21(26)25(12-11-17)14-16-5-3-7-19(13-16)29-2/h3-8,13,17H,9-12,14-15H2,1-2H3,(H,24,27). The van der Waals surface area contributed by atoms with E-state index in [0.717, 1.165) is 11.3 Å². The Hall–Kier alpha value is -2.93. The van der Waals surface area contributed by atoms with Crippen molar-refractivity contribution in [2.45, 2.75) is 38.5 Å². The van der Waals surface area contributed by atoms with Gasteiger partial charge in [0.15, 0.2) is 0 Å². The third-order valence-electron chi connectivity index (χ3n) is 4.98. The fraction of sp³-hybridized carbons (Fsp3) is 0.409. The number of amides is 2. The Labute approximate surface area is 171 Å². The highest BCUT2D eigenvalue weighted by Crippen LogP contribution is 2.18. The molecule has 29 heavy (non-hydrogen) atoms. The maximum Gasteiger partial charge on any atom is 0.270 e. The van der Waals surface area contributed by atoms with Crippen LogP contribution < -0.4 is 10.1 Å². The Kier molecular flexibility index (Phi) is 7.19. The molecule has 1 N–H and O–H groups in total. The third-order valence-corrected chi connectivity index (χ3v) is 4.98. The number of aromatic nitrogens is 1. The fourth-order valence-electron chi connectivity index (χ4n) is 3.43. The van der Waals surface area contributed by atoms with Crippen LogP contribution in [0.25, 0.3) is 0 Å². The van der Waals surface area contributed by atoms with E-state index in [0.29, 0.717) is 50.3 Å². The summed E-state index contributed by atoms with van der Waals surface area (Å²) < 4.78 is 10.3. The molecule has 154 valence electrons. The third kappa shape index (κ3) is 5.77. The molecule has 0 spiro atoms. The predicted molar refractivity (Wildman–Crippen MR) is 108 cm³/mol. The number of hydrogen-bond donors (Lipinski definition) is 1. The van der Waals surface area contributed by atoms with Crippen molar-refractivity contribution in [3.8, 4) is 5.75 Å². The van der Waals surface area contributed by atoms with Gasteiger partial charge in [-0.3, -0.25) is 9.59 Å². The zero-order chi connectivity index (χ0) is 20.6. The molecule has 7 nitrogen and oxygen atoms in total. The summed E-state index contributed by atoms with van der Waals surface area (Å²) >= 11 is 0. The Morgan fingerprint density at radius 1 is 1.21 bits per heavy atom. The first-order chi connectivity index (χ1) is 14.1. The average molecular weight is 397 g/mol. The molecule has 1 saturated heterocycles. The first-order valence-electron chi connectivity index (χ1n) is 9.75. The van der Waals surface area contributed by atoms with E-state index in [9.17, 15) is 9.59 Å². The van der Waals surface area contributed by atoms with Crippen LogP contribution in [0, 0.1) is 0 Å². The summed E-state index contributed by atoms with van der Waals surface area (Å²) in [5.74, 6) is 0.657. The fourth-order valence-corrected chi connectivity index (χ4v) is 3.43. The van der Waals surface area contributed by atoms with E-state index in [-0.39, 0.29) is 17.9 Å². The number of benzene rings is 1. The molecule has 0 aliphatic carbocycles. The lowest BCUT2D eigenvalue weighted by Crippen LogP contribution is -2.36. The van der Waals surface area contributed by atoms with E-state index in [1.165, 1.54) is 0 Å². The summed E-state index contributed by atoms with van der Waals surface area (Å²) in [4.78, 5) is 31.3. The van der Waals surface area contributed by atoms with Crippen molar-refractivity contribution in [1.82, 2.24) is 15.2 Å². The van der Waals surface area contributed by atoms with Crippen LogP contribution in [0.3, 0.4) is 0 Å². The molecule has 3 rings (SSSR count). The van der Waals surface area contributed by atoms with Crippen LogP contribution in [0.2, 0.25) is 0 Å². The van der Waals surface area contributed by atoms with Gasteiger partial charge in [0.25, 0.3) is 5.91 Å². The highest BCUT2D eigenvalue weighted by atomic mass is 16.5. The first kappa shape index (κ1) is 20.8. The molecule has 2 amide bonds. The van der Waals surface area contributed by atoms with Gasteiger partial charge in [-0.05, 0) is 42.7 Å². The Bertz CT molecular complexity index is 855. The molecule has 0 saturated carbocycles. The van der Waals surface area contributed by atoms with Crippen LogP contribution in [0.4, 0.5) is 0 Å². The van der Waals surface area contributed by atoms with Crippen LogP contribution in [0.15, 0.2) is 42.5 Å². The second-order valence-corrected chi connectivity index (χ2v) is 7.11. The minimum atomic E-state index is -0.221. The number of likely N-dealkylation sites (tertiary alicyclic amines) is 1. The Balaban J connectivity index is 1.59. The summed E-state index contributed by atoms with van der Waals surface area (Å²) in [6.07, 6.45) is 1.74. The molecule has 2 aromatic rings. The number of rotatable bonds is 7. The lowest BCUT2D eigenvalue weighted by Gasteiger charge is -2.21. The number of pyridine rings is 1. The first-order valence-corrected chi connectivity index (χ1v) is 9.75. The van der Waals surface area contributed by atoms with Gasteiger partial charge in [-0.2, -0.15) is 0 Å². The number of ether oxygens (including phenoxy) is 2. The summed E-state index contributed by atoms with van der Waals surface area (Å²) in [5.41, 5.74) is 2.10. The van der Waals surface area contributed by atoms with Gasteiger partial charge in [-0.25, -0.2) is 4.98 Å². The summed E-state index contributed by atoms with van der Waals surface area (Å²) in [6, 6.07) is 13.0. The zero-order valence-corrected chi connectivity index (χ0v) is 16.9. The van der Waals surface area contributed by atoms with Crippen molar-refractivity contribution in [3.05, 3.63) is 59.4 Å². The van der Waals surface area contributed by atoms with Gasteiger partial charge in [-0.15, -0.1) is 0 Å². The van der Waals surface area contributed by atoms with Crippen molar-refractivity contribution in [3.63, 3.8) is 0 Å². The lowest BCUT2D eigenvalue weighted by molar-refractivity contribution is -0.131. The molecule has 0 radical (unpaired) electrons. The topological polar surface area (TPSA) is 80.8 Å². The second kappa shape index (κ2) is 10.0. The Morgan fingerprint density at radius 2 is 2.03 bits per heavy atom. The number of nitrogens with one attached hydrogen (secondary N) is 1. The number of carbonyl (C=O) groups is 2. The molecule has 1 atom stereocenters. The monoisotopic (exact) mass is 397 g/mol. The number of hydrogen-bond acceptors (Lipinski definition) is 5. The molecule has 7 heteroatoms. The van der Waals surface area contributed by atoms with Crippen molar-refractivity contribution in [2.75, 3.05) is 20.8 Å². The van der Waals surface area contributed by atoms with Crippen molar-refractivity contribution >= 4 is 11.8 Å². The van der Waals surface area contributed by atoms with Crippen LogP contribution in [-0.2, 0) is 22.7 Å². The molecule has 1 aromatic heterocycles. The second-order valence-electron chi connectivity index (χ2n) is 7.11. The van der Waals surface area contributed by atoms with Gasteiger partial charge >= 0.3 is 0 Å². The van der Waals surface area contributed by atoms with E-state index in [1.807, 2.05) is 35.2 Å². The van der Waals surface area contributed by atoms with E-state index >= 15 is 0 Å². The molecule has 2 heterocycles. The molecule has 1 aliphatic heterocycles. The van der Waals surface area contributed by atoms with E-state index in [4.69, 9.17) is 9.47 Å². The minimum Gasteiger partial charge on any atom is -0.497 e. The number of nitrogens with zero attached hydrogens (tertiary/aromatic N) is 2. The van der Waals surface area contributed by atoms with Gasteiger partial charge in [-0.1, -0.05) is 18.2 Å². The molecule has 1 fully saturated rings. The van der Waals surface area contributed by atoms with E-state index in [2.05, 4.69) is 10.3 Å². The number of methoxy groups -OCH3 is 2. The summed E-state index contributed by atoms with van der Waals surface area (Å²) in [7, 11) is 3.22. The molecular formula is C22H27N3O4. The lowest BCUT2D eigenvalue weighted by atomic mass is 10.1. The molecular weight excluding hydrogens is 370 g/mol. The maximum atomic E-state index is 12.6. The quantitative estimate of drug-likeness (QED) is 0.777. The number of carbonyl (C=O) groups excluding carboxylic acids is 2. The van der Waals surface area contributed by atoms with E-state index in [1.54, 1.807) is 26.4 Å². The molecule has 1 aliphatic rings. The predicted octanol–water partition coefficient (Wildman–Crippen LogP) is 2.55. The maximum absolute atomic E-state index is 12.6.